The molecule has 0 aliphatic heterocycles. The second kappa shape index (κ2) is 12.3. The van der Waals surface area contributed by atoms with Crippen molar-refractivity contribution in [3.63, 3.8) is 0 Å². The first-order valence-electron chi connectivity index (χ1n) is 8.67. The van der Waals surface area contributed by atoms with Crippen LogP contribution in [-0.2, 0) is 14.3 Å². The highest BCUT2D eigenvalue weighted by molar-refractivity contribution is 8.76. The van der Waals surface area contributed by atoms with Crippen LogP contribution in [-0.4, -0.2) is 52.8 Å². The molecule has 0 rings (SSSR count). The number of aliphatic carboxylic acids is 1. The Labute approximate surface area is 164 Å². The van der Waals surface area contributed by atoms with Gasteiger partial charge in [0.05, 0.1) is 12.3 Å². The summed E-state index contributed by atoms with van der Waals surface area (Å²) >= 11 is 0. The van der Waals surface area contributed by atoms with Crippen LogP contribution in [0.15, 0.2) is 0 Å². The number of carboxylic acid groups (broad SMARTS) is 1. The highest BCUT2D eigenvalue weighted by atomic mass is 33.1. The zero-order chi connectivity index (χ0) is 20.3. The molecule has 0 spiro atoms. The topological polar surface area (TPSA) is 105 Å². The third kappa shape index (κ3) is 12.3. The quantitative estimate of drug-likeness (QED) is 0.356. The van der Waals surface area contributed by atoms with Gasteiger partial charge in [-0.3, -0.25) is 9.59 Å². The number of alkyl carbamates (subject to hydrolysis) is 1. The van der Waals surface area contributed by atoms with Crippen LogP contribution in [0.2, 0.25) is 0 Å². The number of hydrogen-bond donors (Lipinski definition) is 3. The summed E-state index contributed by atoms with van der Waals surface area (Å²) < 4.78 is 5.24. The van der Waals surface area contributed by atoms with Crippen LogP contribution < -0.4 is 10.6 Å². The van der Waals surface area contributed by atoms with E-state index in [1.165, 1.54) is 21.6 Å². The van der Waals surface area contributed by atoms with Crippen LogP contribution >= 0.6 is 21.6 Å². The number of carbonyl (C=O) groups excluding carboxylic acids is 2. The smallest absolute Gasteiger partial charge is 0.407 e. The van der Waals surface area contributed by atoms with Gasteiger partial charge in [0, 0.05) is 24.1 Å². The summed E-state index contributed by atoms with van der Waals surface area (Å²) in [5.41, 5.74) is -0.588. The van der Waals surface area contributed by atoms with E-state index >= 15 is 0 Å². The normalized spacial score (nSPS) is 13.8. The van der Waals surface area contributed by atoms with Crippen molar-refractivity contribution in [3.8, 4) is 0 Å². The monoisotopic (exact) mass is 408 g/mol. The minimum absolute atomic E-state index is 0.0533. The van der Waals surface area contributed by atoms with Crippen LogP contribution in [0.1, 0.15) is 48.0 Å². The maximum atomic E-state index is 12.5. The Kier molecular flexibility index (Phi) is 11.8. The largest absolute Gasteiger partial charge is 0.481 e. The molecule has 0 fully saturated rings. The van der Waals surface area contributed by atoms with E-state index in [4.69, 9.17) is 9.84 Å². The summed E-state index contributed by atoms with van der Waals surface area (Å²) in [4.78, 5) is 34.8. The lowest BCUT2D eigenvalue weighted by Gasteiger charge is -2.28. The maximum Gasteiger partial charge on any atom is 0.407 e. The van der Waals surface area contributed by atoms with Crippen LogP contribution in [0.4, 0.5) is 4.79 Å². The number of rotatable bonds is 11. The second-order valence-corrected chi connectivity index (χ2v) is 9.99. The fourth-order valence-corrected chi connectivity index (χ4v) is 4.16. The van der Waals surface area contributed by atoms with Crippen molar-refractivity contribution in [2.24, 2.45) is 11.8 Å². The second-order valence-electron chi connectivity index (χ2n) is 7.28. The molecule has 0 aromatic rings. The first-order chi connectivity index (χ1) is 11.9. The average molecular weight is 409 g/mol. The minimum atomic E-state index is -0.808. The predicted molar refractivity (Wildman–Crippen MR) is 107 cm³/mol. The van der Waals surface area contributed by atoms with Crippen LogP contribution in [0.3, 0.4) is 0 Å². The molecule has 26 heavy (non-hydrogen) atoms. The molecule has 9 heteroatoms. The molecule has 0 saturated carbocycles. The van der Waals surface area contributed by atoms with Crippen LogP contribution in [0.25, 0.3) is 0 Å². The van der Waals surface area contributed by atoms with E-state index in [9.17, 15) is 14.4 Å². The Hall–Kier alpha value is -1.09. The maximum absolute atomic E-state index is 12.5. The van der Waals surface area contributed by atoms with Gasteiger partial charge in [-0.15, -0.1) is 0 Å². The third-order valence-corrected chi connectivity index (χ3v) is 5.68. The molecule has 3 N–H and O–H groups in total. The zero-order valence-corrected chi connectivity index (χ0v) is 18.1. The zero-order valence-electron chi connectivity index (χ0n) is 16.5. The van der Waals surface area contributed by atoms with Crippen molar-refractivity contribution in [2.75, 3.05) is 18.1 Å². The molecule has 0 heterocycles. The number of carbonyl (C=O) groups is 3. The van der Waals surface area contributed by atoms with Crippen molar-refractivity contribution < 1.29 is 24.2 Å². The summed E-state index contributed by atoms with van der Waals surface area (Å²) in [6.45, 7) is 11.5. The molecule has 0 aliphatic carbocycles. The summed E-state index contributed by atoms with van der Waals surface area (Å²) in [7, 11) is 3.01. The van der Waals surface area contributed by atoms with Crippen molar-refractivity contribution in [3.05, 3.63) is 0 Å². The Morgan fingerprint density at radius 3 is 2.15 bits per heavy atom. The van der Waals surface area contributed by atoms with Gasteiger partial charge in [0.1, 0.15) is 5.60 Å². The van der Waals surface area contributed by atoms with Gasteiger partial charge in [0.2, 0.25) is 5.91 Å². The van der Waals surface area contributed by atoms with Gasteiger partial charge in [0.25, 0.3) is 0 Å². The standard InChI is InChI=1S/C17H32N2O5S2/c1-11(2)14(12(3)19-16(23)24-17(4,5)6)15(22)18-8-10-26-25-9-7-13(20)21/h11-12,14H,7-10H2,1-6H3,(H,18,22)(H,19,23)(H,20,21). The molecule has 2 atom stereocenters. The van der Waals surface area contributed by atoms with Gasteiger partial charge in [-0.05, 0) is 33.6 Å². The SMILES string of the molecule is CC(C)C(C(=O)NCCSSCCC(=O)O)C(C)NC(=O)OC(C)(C)C. The molecule has 2 unspecified atom stereocenters. The predicted octanol–water partition coefficient (Wildman–Crippen LogP) is 3.14. The van der Waals surface area contributed by atoms with E-state index in [-0.39, 0.29) is 30.2 Å². The first-order valence-corrected chi connectivity index (χ1v) is 11.2. The highest BCUT2D eigenvalue weighted by Crippen LogP contribution is 2.21. The third-order valence-electron chi connectivity index (χ3n) is 3.27. The van der Waals surface area contributed by atoms with Crippen molar-refractivity contribution in [2.45, 2.75) is 59.6 Å². The molecule has 0 saturated heterocycles. The minimum Gasteiger partial charge on any atom is -0.481 e. The van der Waals surface area contributed by atoms with Crippen molar-refractivity contribution >= 4 is 39.6 Å². The summed E-state index contributed by atoms with van der Waals surface area (Å²) in [5.74, 6) is -0.00392. The van der Waals surface area contributed by atoms with E-state index in [1.807, 2.05) is 13.8 Å². The number of ether oxygens (including phenoxy) is 1. The molecule has 0 aliphatic rings. The number of nitrogens with one attached hydrogen (secondary N) is 2. The highest BCUT2D eigenvalue weighted by Gasteiger charge is 2.30. The molecule has 2 amide bonds. The summed E-state index contributed by atoms with van der Waals surface area (Å²) in [5, 5.41) is 14.2. The molecular weight excluding hydrogens is 376 g/mol. The fourth-order valence-electron chi connectivity index (χ4n) is 2.27. The molecule has 0 bridgehead atoms. The van der Waals surface area contributed by atoms with E-state index in [0.717, 1.165) is 0 Å². The Morgan fingerprint density at radius 2 is 1.65 bits per heavy atom. The van der Waals surface area contributed by atoms with E-state index < -0.39 is 17.7 Å². The van der Waals surface area contributed by atoms with Gasteiger partial charge < -0.3 is 20.5 Å². The molecule has 152 valence electrons. The Balaban J connectivity index is 4.31. The van der Waals surface area contributed by atoms with Crippen molar-refractivity contribution in [1.82, 2.24) is 10.6 Å². The van der Waals surface area contributed by atoms with E-state index in [0.29, 0.717) is 18.1 Å². The summed E-state index contributed by atoms with van der Waals surface area (Å²) in [6, 6.07) is -0.359. The molecule has 0 aromatic heterocycles. The first kappa shape index (κ1) is 24.9. The lowest BCUT2D eigenvalue weighted by atomic mass is 9.88. The van der Waals surface area contributed by atoms with Gasteiger partial charge >= 0.3 is 12.1 Å². The average Bonchev–Trinajstić information content (AvgIpc) is 2.43. The number of carboxylic acids is 1. The van der Waals surface area contributed by atoms with Gasteiger partial charge in [-0.1, -0.05) is 35.4 Å². The van der Waals surface area contributed by atoms with E-state index in [2.05, 4.69) is 10.6 Å². The van der Waals surface area contributed by atoms with Gasteiger partial charge in [0.15, 0.2) is 0 Å². The fraction of sp³-hybridized carbons (Fsp3) is 0.824. The number of amides is 2. The Bertz CT molecular complexity index is 467. The molecule has 7 nitrogen and oxygen atoms in total. The number of hydrogen-bond acceptors (Lipinski definition) is 6. The molecular formula is C17H32N2O5S2. The molecule has 0 aromatic carbocycles. The van der Waals surface area contributed by atoms with Gasteiger partial charge in [-0.2, -0.15) is 0 Å². The lowest BCUT2D eigenvalue weighted by Crippen LogP contribution is -2.48. The van der Waals surface area contributed by atoms with Gasteiger partial charge in [-0.25, -0.2) is 4.79 Å². The van der Waals surface area contributed by atoms with Crippen molar-refractivity contribution in [1.29, 1.82) is 0 Å². The van der Waals surface area contributed by atoms with Crippen LogP contribution in [0, 0.1) is 11.8 Å². The Morgan fingerprint density at radius 1 is 1.08 bits per heavy atom. The lowest BCUT2D eigenvalue weighted by molar-refractivity contribution is -0.136. The molecule has 0 radical (unpaired) electrons. The van der Waals surface area contributed by atoms with Crippen LogP contribution in [0.5, 0.6) is 0 Å². The summed E-state index contributed by atoms with van der Waals surface area (Å²) in [6.07, 6.45) is -0.401. The van der Waals surface area contributed by atoms with E-state index in [1.54, 1.807) is 27.7 Å².